The summed E-state index contributed by atoms with van der Waals surface area (Å²) in [4.78, 5) is 4.96. The third-order valence-electron chi connectivity index (χ3n) is 3.14. The van der Waals surface area contributed by atoms with E-state index in [1.807, 2.05) is 0 Å². The molecule has 0 aromatic heterocycles. The van der Waals surface area contributed by atoms with Crippen LogP contribution in [0.2, 0.25) is 0 Å². The van der Waals surface area contributed by atoms with Crippen LogP contribution in [0.1, 0.15) is 34.1 Å². The Hall–Kier alpha value is -0.0800. The van der Waals surface area contributed by atoms with E-state index in [-0.39, 0.29) is 0 Å². The third-order valence-corrected chi connectivity index (χ3v) is 3.14. The summed E-state index contributed by atoms with van der Waals surface area (Å²) in [7, 11) is 4.37. The Balaban J connectivity index is 2.62. The number of likely N-dealkylation sites (tertiary alicyclic amines) is 1. The van der Waals surface area contributed by atoms with E-state index in [0.29, 0.717) is 5.54 Å². The fraction of sp³-hybridized carbons (Fsp3) is 1.00. The minimum atomic E-state index is 0.324. The highest BCUT2D eigenvalue weighted by Crippen LogP contribution is 2.27. The lowest BCUT2D eigenvalue weighted by Crippen LogP contribution is -2.44. The van der Waals surface area contributed by atoms with Gasteiger partial charge in [0.15, 0.2) is 0 Å². The van der Waals surface area contributed by atoms with E-state index in [2.05, 4.69) is 51.6 Å². The van der Waals surface area contributed by atoms with Gasteiger partial charge in [0.1, 0.15) is 0 Å². The first kappa shape index (κ1) is 11.0. The molecule has 2 atom stereocenters. The number of likely N-dealkylation sites (N-methyl/N-ethyl adjacent to an activating group) is 1. The fourth-order valence-electron chi connectivity index (χ4n) is 2.31. The van der Waals surface area contributed by atoms with Gasteiger partial charge in [0.2, 0.25) is 0 Å². The molecule has 0 spiro atoms. The van der Waals surface area contributed by atoms with Crippen molar-refractivity contribution in [2.45, 2.75) is 51.7 Å². The highest BCUT2D eigenvalue weighted by molar-refractivity contribution is 4.92. The predicted octanol–water partition coefficient (Wildman–Crippen LogP) is 1.81. The molecular formula is C11H24N2. The maximum Gasteiger partial charge on any atom is 0.0232 e. The van der Waals surface area contributed by atoms with E-state index >= 15 is 0 Å². The molecule has 0 aromatic carbocycles. The third kappa shape index (κ3) is 2.44. The lowest BCUT2D eigenvalue weighted by Gasteiger charge is -2.35. The number of nitrogens with zero attached hydrogens (tertiary/aromatic N) is 2. The van der Waals surface area contributed by atoms with Crippen molar-refractivity contribution < 1.29 is 0 Å². The van der Waals surface area contributed by atoms with Gasteiger partial charge in [-0.1, -0.05) is 0 Å². The normalized spacial score (nSPS) is 31.6. The lowest BCUT2D eigenvalue weighted by molar-refractivity contribution is 0.123. The molecule has 0 unspecified atom stereocenters. The molecule has 0 saturated carbocycles. The van der Waals surface area contributed by atoms with Gasteiger partial charge in [-0.2, -0.15) is 0 Å². The van der Waals surface area contributed by atoms with Crippen molar-refractivity contribution in [1.82, 2.24) is 9.80 Å². The lowest BCUT2D eigenvalue weighted by atomic mass is 10.1. The van der Waals surface area contributed by atoms with Crippen LogP contribution in [0, 0.1) is 0 Å². The van der Waals surface area contributed by atoms with Gasteiger partial charge in [-0.15, -0.1) is 0 Å². The molecule has 0 bridgehead atoms. The minimum Gasteiger partial charge on any atom is -0.305 e. The summed E-state index contributed by atoms with van der Waals surface area (Å²) in [6, 6.07) is 1.47. The first-order valence-corrected chi connectivity index (χ1v) is 5.25. The van der Waals surface area contributed by atoms with Gasteiger partial charge >= 0.3 is 0 Å². The fourth-order valence-corrected chi connectivity index (χ4v) is 2.31. The summed E-state index contributed by atoms with van der Waals surface area (Å²) >= 11 is 0. The summed E-state index contributed by atoms with van der Waals surface area (Å²) in [6.45, 7) is 10.5. The molecule has 0 aliphatic carbocycles. The van der Waals surface area contributed by atoms with E-state index in [4.69, 9.17) is 0 Å². The standard InChI is InChI=1S/C11H24N2/c1-9-7-10(12(5)6)8-13(9)11(2,3)4/h9-10H,7-8H2,1-6H3/t9-,10+/m0/s1. The molecule has 2 nitrogen and oxygen atoms in total. The Morgan fingerprint density at radius 3 is 2.00 bits per heavy atom. The van der Waals surface area contributed by atoms with Crippen molar-refractivity contribution in [3.8, 4) is 0 Å². The molecule has 2 heteroatoms. The van der Waals surface area contributed by atoms with Gasteiger partial charge < -0.3 is 4.90 Å². The number of hydrogen-bond donors (Lipinski definition) is 0. The van der Waals surface area contributed by atoms with Crippen LogP contribution >= 0.6 is 0 Å². The molecule has 1 saturated heterocycles. The van der Waals surface area contributed by atoms with Crippen molar-refractivity contribution in [1.29, 1.82) is 0 Å². The second-order valence-electron chi connectivity index (χ2n) is 5.53. The van der Waals surface area contributed by atoms with E-state index in [9.17, 15) is 0 Å². The summed E-state index contributed by atoms with van der Waals surface area (Å²) in [5.41, 5.74) is 0.324. The van der Waals surface area contributed by atoms with Crippen molar-refractivity contribution in [3.63, 3.8) is 0 Å². The maximum atomic E-state index is 2.61. The van der Waals surface area contributed by atoms with Crippen LogP contribution < -0.4 is 0 Å². The molecule has 1 aliphatic heterocycles. The van der Waals surface area contributed by atoms with Crippen molar-refractivity contribution in [2.75, 3.05) is 20.6 Å². The number of hydrogen-bond acceptors (Lipinski definition) is 2. The van der Waals surface area contributed by atoms with Crippen LogP contribution in [-0.4, -0.2) is 48.1 Å². The first-order valence-electron chi connectivity index (χ1n) is 5.25. The number of rotatable bonds is 1. The quantitative estimate of drug-likeness (QED) is 0.613. The zero-order chi connectivity index (χ0) is 10.2. The Morgan fingerprint density at radius 1 is 1.23 bits per heavy atom. The molecule has 1 aliphatic rings. The molecular weight excluding hydrogens is 160 g/mol. The topological polar surface area (TPSA) is 6.48 Å². The van der Waals surface area contributed by atoms with E-state index in [1.54, 1.807) is 0 Å². The van der Waals surface area contributed by atoms with Gasteiger partial charge in [-0.3, -0.25) is 4.90 Å². The van der Waals surface area contributed by atoms with Crippen LogP contribution in [0.15, 0.2) is 0 Å². The smallest absolute Gasteiger partial charge is 0.0232 e. The molecule has 78 valence electrons. The highest BCUT2D eigenvalue weighted by atomic mass is 15.3. The Morgan fingerprint density at radius 2 is 1.77 bits per heavy atom. The van der Waals surface area contributed by atoms with Crippen LogP contribution in [0.3, 0.4) is 0 Å². The molecule has 1 heterocycles. The van der Waals surface area contributed by atoms with Crippen LogP contribution in [0.5, 0.6) is 0 Å². The minimum absolute atomic E-state index is 0.324. The molecule has 1 rings (SSSR count). The molecule has 0 aromatic rings. The monoisotopic (exact) mass is 184 g/mol. The second kappa shape index (κ2) is 3.58. The van der Waals surface area contributed by atoms with Gasteiger partial charge in [-0.05, 0) is 48.2 Å². The summed E-state index contributed by atoms with van der Waals surface area (Å²) in [6.07, 6.45) is 1.31. The average molecular weight is 184 g/mol. The summed E-state index contributed by atoms with van der Waals surface area (Å²) in [5.74, 6) is 0. The molecule has 1 fully saturated rings. The van der Waals surface area contributed by atoms with Gasteiger partial charge in [0, 0.05) is 24.2 Å². The van der Waals surface area contributed by atoms with Crippen LogP contribution in [0.4, 0.5) is 0 Å². The molecule has 0 N–H and O–H groups in total. The highest BCUT2D eigenvalue weighted by Gasteiger charge is 2.36. The second-order valence-corrected chi connectivity index (χ2v) is 5.53. The molecule has 13 heavy (non-hydrogen) atoms. The predicted molar refractivity (Wildman–Crippen MR) is 58.0 cm³/mol. The Kier molecular flexibility index (Phi) is 3.03. The van der Waals surface area contributed by atoms with E-state index < -0.39 is 0 Å². The molecule has 0 radical (unpaired) electrons. The summed E-state index contributed by atoms with van der Waals surface area (Å²) < 4.78 is 0. The van der Waals surface area contributed by atoms with Crippen molar-refractivity contribution in [3.05, 3.63) is 0 Å². The van der Waals surface area contributed by atoms with Gasteiger partial charge in [-0.25, -0.2) is 0 Å². The average Bonchev–Trinajstić information content (AvgIpc) is 2.29. The summed E-state index contributed by atoms with van der Waals surface area (Å²) in [5, 5.41) is 0. The van der Waals surface area contributed by atoms with Gasteiger partial charge in [0.25, 0.3) is 0 Å². The largest absolute Gasteiger partial charge is 0.305 e. The van der Waals surface area contributed by atoms with Crippen molar-refractivity contribution >= 4 is 0 Å². The molecule has 0 amide bonds. The first-order chi connectivity index (χ1) is 5.82. The van der Waals surface area contributed by atoms with Crippen molar-refractivity contribution in [2.24, 2.45) is 0 Å². The van der Waals surface area contributed by atoms with E-state index in [1.165, 1.54) is 13.0 Å². The van der Waals surface area contributed by atoms with Crippen LogP contribution in [-0.2, 0) is 0 Å². The maximum absolute atomic E-state index is 2.61. The Labute approximate surface area is 82.9 Å². The SMILES string of the molecule is C[C@H]1C[C@@H](N(C)C)CN1C(C)(C)C. The zero-order valence-electron chi connectivity index (χ0n) is 9.96. The van der Waals surface area contributed by atoms with Gasteiger partial charge in [0.05, 0.1) is 0 Å². The van der Waals surface area contributed by atoms with Crippen LogP contribution in [0.25, 0.3) is 0 Å². The van der Waals surface area contributed by atoms with E-state index in [0.717, 1.165) is 12.1 Å². The Bertz CT molecular complexity index is 169. The zero-order valence-corrected chi connectivity index (χ0v) is 9.96.